The van der Waals surface area contributed by atoms with Crippen LogP contribution in [0, 0.1) is 0 Å². The minimum atomic E-state index is -0.375. The van der Waals surface area contributed by atoms with E-state index in [1.807, 2.05) is 25.1 Å². The lowest BCUT2D eigenvalue weighted by Crippen LogP contribution is -2.21. The number of hydrogen-bond acceptors (Lipinski definition) is 2. The maximum Gasteiger partial charge on any atom is 0.159 e. The van der Waals surface area contributed by atoms with Crippen LogP contribution in [-0.2, 0) is 0 Å². The molecule has 1 aromatic carbocycles. The molecule has 0 aliphatic heterocycles. The third-order valence-corrected chi connectivity index (χ3v) is 2.49. The monoisotopic (exact) mass is 192 g/mol. The van der Waals surface area contributed by atoms with Gasteiger partial charge in [0, 0.05) is 0 Å². The van der Waals surface area contributed by atoms with Gasteiger partial charge in [0.2, 0.25) is 0 Å². The summed E-state index contributed by atoms with van der Waals surface area (Å²) in [6.45, 7) is 4.05. The van der Waals surface area contributed by atoms with Crippen molar-refractivity contribution in [3.05, 3.63) is 23.8 Å². The molecule has 0 bridgehead atoms. The third-order valence-electron chi connectivity index (χ3n) is 2.49. The van der Waals surface area contributed by atoms with Crippen molar-refractivity contribution in [2.45, 2.75) is 26.3 Å². The molecule has 1 aromatic rings. The van der Waals surface area contributed by atoms with Crippen molar-refractivity contribution in [3.8, 4) is 5.75 Å². The molecule has 0 aliphatic carbocycles. The second-order valence-electron chi connectivity index (χ2n) is 3.31. The van der Waals surface area contributed by atoms with Crippen molar-refractivity contribution in [1.82, 2.24) is 0 Å². The molecule has 1 rings (SSSR count). The lowest BCUT2D eigenvalue weighted by Gasteiger charge is -2.15. The number of aliphatic hydroxyl groups is 1. The first-order chi connectivity index (χ1) is 6.74. The molecule has 76 valence electrons. The van der Waals surface area contributed by atoms with Crippen LogP contribution in [0.15, 0.2) is 18.2 Å². The summed E-state index contributed by atoms with van der Waals surface area (Å²) in [7, 11) is 2.55. The van der Waals surface area contributed by atoms with Gasteiger partial charge in [-0.1, -0.05) is 25.9 Å². The number of rotatable bonds is 4. The van der Waals surface area contributed by atoms with Crippen molar-refractivity contribution in [2.24, 2.45) is 0 Å². The SMILES string of the molecule is CBc1c(OC)cccc1[C@H](O)CC. The summed E-state index contributed by atoms with van der Waals surface area (Å²) in [5, 5.41) is 9.81. The van der Waals surface area contributed by atoms with Crippen LogP contribution < -0.4 is 10.2 Å². The fourth-order valence-electron chi connectivity index (χ4n) is 1.68. The van der Waals surface area contributed by atoms with E-state index < -0.39 is 0 Å². The van der Waals surface area contributed by atoms with E-state index in [2.05, 4.69) is 6.82 Å². The Kier molecular flexibility index (Phi) is 4.02. The Balaban J connectivity index is 3.14. The molecule has 0 aromatic heterocycles. The van der Waals surface area contributed by atoms with E-state index >= 15 is 0 Å². The molecular weight excluding hydrogens is 175 g/mol. The van der Waals surface area contributed by atoms with Crippen LogP contribution >= 0.6 is 0 Å². The van der Waals surface area contributed by atoms with Gasteiger partial charge in [0.25, 0.3) is 0 Å². The second kappa shape index (κ2) is 5.06. The van der Waals surface area contributed by atoms with Gasteiger partial charge in [-0.25, -0.2) is 0 Å². The third kappa shape index (κ3) is 2.10. The van der Waals surface area contributed by atoms with Crippen LogP contribution in [0.3, 0.4) is 0 Å². The first-order valence-corrected chi connectivity index (χ1v) is 5.08. The topological polar surface area (TPSA) is 29.5 Å². The second-order valence-corrected chi connectivity index (χ2v) is 3.31. The number of aliphatic hydroxyl groups excluding tert-OH is 1. The van der Waals surface area contributed by atoms with Crippen molar-refractivity contribution in [3.63, 3.8) is 0 Å². The van der Waals surface area contributed by atoms with E-state index in [0.717, 1.165) is 30.5 Å². The van der Waals surface area contributed by atoms with Gasteiger partial charge in [0.1, 0.15) is 5.75 Å². The normalized spacial score (nSPS) is 12.3. The molecule has 0 heterocycles. The zero-order valence-corrected chi connectivity index (χ0v) is 9.08. The van der Waals surface area contributed by atoms with Gasteiger partial charge in [-0.05, 0) is 23.5 Å². The van der Waals surface area contributed by atoms with Crippen molar-refractivity contribution >= 4 is 12.7 Å². The van der Waals surface area contributed by atoms with Gasteiger partial charge < -0.3 is 9.84 Å². The molecule has 0 unspecified atom stereocenters. The Hall–Kier alpha value is -0.955. The zero-order chi connectivity index (χ0) is 10.6. The molecule has 3 heteroatoms. The maximum absolute atomic E-state index is 9.81. The summed E-state index contributed by atoms with van der Waals surface area (Å²) < 4.78 is 5.26. The summed E-state index contributed by atoms with van der Waals surface area (Å²) in [5.74, 6) is 0.873. The smallest absolute Gasteiger partial charge is 0.159 e. The molecule has 2 nitrogen and oxygen atoms in total. The van der Waals surface area contributed by atoms with E-state index in [0.29, 0.717) is 0 Å². The molecule has 0 fully saturated rings. The van der Waals surface area contributed by atoms with Crippen molar-refractivity contribution in [1.29, 1.82) is 0 Å². The zero-order valence-electron chi connectivity index (χ0n) is 9.08. The molecule has 0 saturated heterocycles. The highest BCUT2D eigenvalue weighted by atomic mass is 16.5. The molecule has 1 N–H and O–H groups in total. The van der Waals surface area contributed by atoms with Gasteiger partial charge in [-0.15, -0.1) is 0 Å². The number of methoxy groups -OCH3 is 1. The average Bonchev–Trinajstić information content (AvgIpc) is 2.26. The van der Waals surface area contributed by atoms with Crippen LogP contribution in [0.2, 0.25) is 6.82 Å². The minimum absolute atomic E-state index is 0.375. The van der Waals surface area contributed by atoms with Gasteiger partial charge in [-0.3, -0.25) is 0 Å². The van der Waals surface area contributed by atoms with E-state index in [1.165, 1.54) is 0 Å². The lowest BCUT2D eigenvalue weighted by atomic mass is 9.69. The first kappa shape index (κ1) is 11.1. The number of hydrogen-bond donors (Lipinski definition) is 1. The van der Waals surface area contributed by atoms with E-state index in [9.17, 15) is 5.11 Å². The first-order valence-electron chi connectivity index (χ1n) is 5.08. The van der Waals surface area contributed by atoms with Gasteiger partial charge in [0.15, 0.2) is 7.28 Å². The number of ether oxygens (including phenoxy) is 1. The summed E-state index contributed by atoms with van der Waals surface area (Å²) in [4.78, 5) is 0. The molecule has 0 aliphatic rings. The summed E-state index contributed by atoms with van der Waals surface area (Å²) in [6, 6.07) is 5.83. The molecular formula is C11H17BO2. The van der Waals surface area contributed by atoms with E-state index in [1.54, 1.807) is 7.11 Å². The highest BCUT2D eigenvalue weighted by Crippen LogP contribution is 2.18. The molecule has 0 amide bonds. The predicted molar refractivity (Wildman–Crippen MR) is 60.9 cm³/mol. The Labute approximate surface area is 86.2 Å². The quantitative estimate of drug-likeness (QED) is 0.727. The summed E-state index contributed by atoms with van der Waals surface area (Å²) in [6.07, 6.45) is 0.361. The maximum atomic E-state index is 9.81. The van der Waals surface area contributed by atoms with Crippen molar-refractivity contribution in [2.75, 3.05) is 7.11 Å². The van der Waals surface area contributed by atoms with Gasteiger partial charge in [0.05, 0.1) is 13.2 Å². The minimum Gasteiger partial charge on any atom is -0.497 e. The highest BCUT2D eigenvalue weighted by Gasteiger charge is 2.12. The van der Waals surface area contributed by atoms with Crippen molar-refractivity contribution < 1.29 is 9.84 Å². The van der Waals surface area contributed by atoms with Gasteiger partial charge in [-0.2, -0.15) is 0 Å². The lowest BCUT2D eigenvalue weighted by molar-refractivity contribution is 0.174. The Bertz CT molecular complexity index is 299. The number of benzene rings is 1. The van der Waals surface area contributed by atoms with Gasteiger partial charge >= 0.3 is 0 Å². The molecule has 14 heavy (non-hydrogen) atoms. The Morgan fingerprint density at radius 2 is 2.21 bits per heavy atom. The predicted octanol–water partition coefficient (Wildman–Crippen LogP) is 1.25. The Morgan fingerprint density at radius 3 is 2.71 bits per heavy atom. The van der Waals surface area contributed by atoms with Crippen LogP contribution in [0.1, 0.15) is 25.0 Å². The van der Waals surface area contributed by atoms with Crippen LogP contribution in [0.4, 0.5) is 0 Å². The highest BCUT2D eigenvalue weighted by molar-refractivity contribution is 6.53. The van der Waals surface area contributed by atoms with Crippen LogP contribution in [0.25, 0.3) is 0 Å². The molecule has 0 radical (unpaired) electrons. The molecule has 1 atom stereocenters. The van der Waals surface area contributed by atoms with Crippen LogP contribution in [0.5, 0.6) is 5.75 Å². The van der Waals surface area contributed by atoms with E-state index in [-0.39, 0.29) is 6.10 Å². The molecule has 0 spiro atoms. The average molecular weight is 192 g/mol. The summed E-state index contributed by atoms with van der Waals surface area (Å²) >= 11 is 0. The standard InChI is InChI=1S/C11H17BO2/c1-4-9(13)8-6-5-7-10(14-3)11(8)12-2/h5-7,9,12-13H,4H2,1-3H3/t9-/m1/s1. The summed E-state index contributed by atoms with van der Waals surface area (Å²) in [5.41, 5.74) is 2.11. The fourth-order valence-corrected chi connectivity index (χ4v) is 1.68. The molecule has 0 saturated carbocycles. The van der Waals surface area contributed by atoms with Crippen LogP contribution in [-0.4, -0.2) is 19.5 Å². The fraction of sp³-hybridized carbons (Fsp3) is 0.455. The Morgan fingerprint density at radius 1 is 1.50 bits per heavy atom. The van der Waals surface area contributed by atoms with E-state index in [4.69, 9.17) is 4.74 Å². The largest absolute Gasteiger partial charge is 0.497 e.